The molecule has 0 spiro atoms. The maximum absolute atomic E-state index is 3.59. The first kappa shape index (κ1) is 11.9. The van der Waals surface area contributed by atoms with E-state index in [0.717, 1.165) is 11.8 Å². The van der Waals surface area contributed by atoms with Crippen molar-refractivity contribution in [2.75, 3.05) is 52.4 Å². The van der Waals surface area contributed by atoms with Crippen LogP contribution in [0.1, 0.15) is 25.7 Å². The third-order valence-electron chi connectivity index (χ3n) is 4.41. The Hall–Kier alpha value is -0.120. The summed E-state index contributed by atoms with van der Waals surface area (Å²) in [5, 5.41) is 3.59. The van der Waals surface area contributed by atoms with Crippen LogP contribution in [0.3, 0.4) is 0 Å². The molecule has 3 heteroatoms. The van der Waals surface area contributed by atoms with Crippen LogP contribution >= 0.6 is 0 Å². The summed E-state index contributed by atoms with van der Waals surface area (Å²) in [4.78, 5) is 5.30. The van der Waals surface area contributed by atoms with E-state index in [4.69, 9.17) is 0 Å². The summed E-state index contributed by atoms with van der Waals surface area (Å²) >= 11 is 0. The zero-order valence-electron chi connectivity index (χ0n) is 11.0. The zero-order valence-corrected chi connectivity index (χ0v) is 11.0. The molecule has 17 heavy (non-hydrogen) atoms. The molecule has 2 saturated carbocycles. The van der Waals surface area contributed by atoms with Crippen molar-refractivity contribution in [3.63, 3.8) is 0 Å². The van der Waals surface area contributed by atoms with Crippen LogP contribution in [0.15, 0.2) is 0 Å². The van der Waals surface area contributed by atoms with Crippen molar-refractivity contribution in [3.05, 3.63) is 0 Å². The highest BCUT2D eigenvalue weighted by atomic mass is 15.3. The lowest BCUT2D eigenvalue weighted by Crippen LogP contribution is -2.48. The van der Waals surface area contributed by atoms with E-state index in [9.17, 15) is 0 Å². The molecule has 98 valence electrons. The van der Waals surface area contributed by atoms with E-state index in [1.807, 2.05) is 0 Å². The second kappa shape index (κ2) is 5.68. The predicted octanol–water partition coefficient (Wildman–Crippen LogP) is 1.01. The normalized spacial score (nSPS) is 27.5. The average molecular weight is 237 g/mol. The molecule has 3 rings (SSSR count). The number of piperazine rings is 1. The molecule has 0 amide bonds. The van der Waals surface area contributed by atoms with Gasteiger partial charge in [-0.1, -0.05) is 0 Å². The monoisotopic (exact) mass is 237 g/mol. The van der Waals surface area contributed by atoms with Gasteiger partial charge < -0.3 is 10.2 Å². The molecule has 3 nitrogen and oxygen atoms in total. The average Bonchev–Trinajstić information content (AvgIpc) is 3.22. The standard InChI is InChI=1S/C14H27N3/c1-2-13(1)11-15-5-6-16-7-9-17(10-8-16)12-14-3-4-14/h13-15H,1-12H2. The van der Waals surface area contributed by atoms with Crippen LogP contribution in [0, 0.1) is 11.8 Å². The molecular formula is C14H27N3. The molecule has 2 aliphatic carbocycles. The lowest BCUT2D eigenvalue weighted by Gasteiger charge is -2.34. The van der Waals surface area contributed by atoms with Crippen molar-refractivity contribution in [2.45, 2.75) is 25.7 Å². The highest BCUT2D eigenvalue weighted by molar-refractivity contribution is 4.81. The first-order chi connectivity index (χ1) is 8.40. The summed E-state index contributed by atoms with van der Waals surface area (Å²) in [6.07, 6.45) is 5.91. The van der Waals surface area contributed by atoms with E-state index in [-0.39, 0.29) is 0 Å². The second-order valence-electron chi connectivity index (χ2n) is 6.23. The number of nitrogens with zero attached hydrogens (tertiary/aromatic N) is 2. The van der Waals surface area contributed by atoms with Crippen molar-refractivity contribution in [2.24, 2.45) is 11.8 Å². The molecule has 1 N–H and O–H groups in total. The van der Waals surface area contributed by atoms with E-state index in [1.165, 1.54) is 78.0 Å². The van der Waals surface area contributed by atoms with Gasteiger partial charge in [0, 0.05) is 45.8 Å². The zero-order chi connectivity index (χ0) is 11.5. The van der Waals surface area contributed by atoms with Gasteiger partial charge in [0.2, 0.25) is 0 Å². The molecule has 1 heterocycles. The SMILES string of the molecule is C(CN1CCN(CC2CC2)CC1)NCC1CC1. The molecule has 0 aromatic heterocycles. The third kappa shape index (κ3) is 4.23. The van der Waals surface area contributed by atoms with Crippen molar-refractivity contribution < 1.29 is 0 Å². The minimum absolute atomic E-state index is 1.02. The highest BCUT2D eigenvalue weighted by Crippen LogP contribution is 2.30. The summed E-state index contributed by atoms with van der Waals surface area (Å²) in [7, 11) is 0. The summed E-state index contributed by atoms with van der Waals surface area (Å²) in [5.41, 5.74) is 0. The van der Waals surface area contributed by atoms with Crippen molar-refractivity contribution >= 4 is 0 Å². The lowest BCUT2D eigenvalue weighted by molar-refractivity contribution is 0.129. The van der Waals surface area contributed by atoms with Gasteiger partial charge in [-0.25, -0.2) is 0 Å². The molecule has 3 fully saturated rings. The Kier molecular flexibility index (Phi) is 3.99. The van der Waals surface area contributed by atoms with Gasteiger partial charge in [0.25, 0.3) is 0 Å². The van der Waals surface area contributed by atoms with Crippen LogP contribution in [0.4, 0.5) is 0 Å². The Balaban J connectivity index is 1.23. The first-order valence-corrected chi connectivity index (χ1v) is 7.55. The quantitative estimate of drug-likeness (QED) is 0.667. The number of nitrogens with one attached hydrogen (secondary N) is 1. The van der Waals surface area contributed by atoms with Gasteiger partial charge in [0.1, 0.15) is 0 Å². The van der Waals surface area contributed by atoms with Gasteiger partial charge in [-0.2, -0.15) is 0 Å². The number of hydrogen-bond donors (Lipinski definition) is 1. The van der Waals surface area contributed by atoms with Crippen molar-refractivity contribution in [1.29, 1.82) is 0 Å². The van der Waals surface area contributed by atoms with E-state index >= 15 is 0 Å². The number of hydrogen-bond acceptors (Lipinski definition) is 3. The van der Waals surface area contributed by atoms with Gasteiger partial charge in [-0.05, 0) is 44.1 Å². The largest absolute Gasteiger partial charge is 0.315 e. The van der Waals surface area contributed by atoms with Gasteiger partial charge >= 0.3 is 0 Å². The van der Waals surface area contributed by atoms with Crippen molar-refractivity contribution in [1.82, 2.24) is 15.1 Å². The molecule has 0 aromatic rings. The minimum atomic E-state index is 1.02. The fraction of sp³-hybridized carbons (Fsp3) is 1.00. The smallest absolute Gasteiger partial charge is 0.0110 e. The lowest BCUT2D eigenvalue weighted by atomic mass is 10.3. The Morgan fingerprint density at radius 3 is 2.12 bits per heavy atom. The van der Waals surface area contributed by atoms with E-state index < -0.39 is 0 Å². The van der Waals surface area contributed by atoms with Crippen LogP contribution in [-0.4, -0.2) is 62.2 Å². The molecule has 0 bridgehead atoms. The fourth-order valence-electron chi connectivity index (χ4n) is 2.73. The second-order valence-corrected chi connectivity index (χ2v) is 6.23. The summed E-state index contributed by atoms with van der Waals surface area (Å²) in [6, 6.07) is 0. The van der Waals surface area contributed by atoms with Crippen LogP contribution in [0.5, 0.6) is 0 Å². The molecule has 1 aliphatic heterocycles. The maximum atomic E-state index is 3.59. The number of rotatable bonds is 7. The minimum Gasteiger partial charge on any atom is -0.315 e. The van der Waals surface area contributed by atoms with E-state index in [1.54, 1.807) is 0 Å². The molecule has 1 saturated heterocycles. The molecular weight excluding hydrogens is 210 g/mol. The fourth-order valence-corrected chi connectivity index (χ4v) is 2.73. The van der Waals surface area contributed by atoms with Crippen LogP contribution in [0.25, 0.3) is 0 Å². The van der Waals surface area contributed by atoms with E-state index in [0.29, 0.717) is 0 Å². The Labute approximate surface area is 106 Å². The van der Waals surface area contributed by atoms with Crippen LogP contribution < -0.4 is 5.32 Å². The van der Waals surface area contributed by atoms with Crippen LogP contribution in [0.2, 0.25) is 0 Å². The predicted molar refractivity (Wildman–Crippen MR) is 71.2 cm³/mol. The van der Waals surface area contributed by atoms with Gasteiger partial charge in [0.15, 0.2) is 0 Å². The molecule has 3 aliphatic rings. The van der Waals surface area contributed by atoms with E-state index in [2.05, 4.69) is 15.1 Å². The Morgan fingerprint density at radius 2 is 1.47 bits per heavy atom. The van der Waals surface area contributed by atoms with Crippen LogP contribution in [-0.2, 0) is 0 Å². The first-order valence-electron chi connectivity index (χ1n) is 7.55. The highest BCUT2D eigenvalue weighted by Gasteiger charge is 2.26. The van der Waals surface area contributed by atoms with Gasteiger partial charge in [-0.3, -0.25) is 4.90 Å². The van der Waals surface area contributed by atoms with Crippen molar-refractivity contribution in [3.8, 4) is 0 Å². The molecule has 0 atom stereocenters. The maximum Gasteiger partial charge on any atom is 0.0110 e. The summed E-state index contributed by atoms with van der Waals surface area (Å²) in [5.74, 6) is 2.08. The van der Waals surface area contributed by atoms with Gasteiger partial charge in [0.05, 0.1) is 0 Å². The van der Waals surface area contributed by atoms with Gasteiger partial charge in [-0.15, -0.1) is 0 Å². The summed E-state index contributed by atoms with van der Waals surface area (Å²) in [6.45, 7) is 10.3. The summed E-state index contributed by atoms with van der Waals surface area (Å²) < 4.78 is 0. The topological polar surface area (TPSA) is 18.5 Å². The molecule has 0 radical (unpaired) electrons. The Bertz CT molecular complexity index is 225. The molecule has 0 unspecified atom stereocenters. The Morgan fingerprint density at radius 1 is 0.824 bits per heavy atom. The third-order valence-corrected chi connectivity index (χ3v) is 4.41. The molecule has 0 aromatic carbocycles.